The smallest absolute Gasteiger partial charge is 0.264 e. The van der Waals surface area contributed by atoms with E-state index in [9.17, 15) is 4.79 Å². The quantitative estimate of drug-likeness (QED) is 0.914. The van der Waals surface area contributed by atoms with Gasteiger partial charge in [-0.25, -0.2) is 0 Å². The summed E-state index contributed by atoms with van der Waals surface area (Å²) in [5.74, 6) is 0.0869. The van der Waals surface area contributed by atoms with Crippen LogP contribution in [0.2, 0.25) is 0 Å². The van der Waals surface area contributed by atoms with Crippen molar-refractivity contribution in [3.63, 3.8) is 0 Å². The van der Waals surface area contributed by atoms with Crippen molar-refractivity contribution in [2.24, 2.45) is 5.73 Å². The second-order valence-corrected chi connectivity index (χ2v) is 7.21. The first kappa shape index (κ1) is 15.0. The number of aryl methyl sites for hydroxylation is 1. The molecule has 1 amide bonds. The van der Waals surface area contributed by atoms with Crippen molar-refractivity contribution in [1.82, 2.24) is 4.90 Å². The minimum atomic E-state index is 0.0763. The molecular formula is C13H19BrN2O2S. The normalized spacial score (nSPS) is 23.7. The molecule has 1 aliphatic rings. The predicted molar refractivity (Wildman–Crippen MR) is 80.7 cm³/mol. The first-order valence-electron chi connectivity index (χ1n) is 6.36. The van der Waals surface area contributed by atoms with Gasteiger partial charge in [-0.3, -0.25) is 4.79 Å². The fourth-order valence-corrected chi connectivity index (χ4v) is 3.92. The fraction of sp³-hybridized carbons (Fsp3) is 0.615. The van der Waals surface area contributed by atoms with Gasteiger partial charge in [-0.1, -0.05) is 0 Å². The van der Waals surface area contributed by atoms with Crippen LogP contribution in [-0.2, 0) is 4.74 Å². The molecule has 2 atom stereocenters. The number of ether oxygens (including phenoxy) is 1. The third-order valence-electron chi connectivity index (χ3n) is 3.60. The molecular weight excluding hydrogens is 328 g/mol. The second-order valence-electron chi connectivity index (χ2n) is 4.84. The first-order chi connectivity index (χ1) is 9.06. The highest BCUT2D eigenvalue weighted by atomic mass is 79.9. The molecule has 1 saturated heterocycles. The number of hydrogen-bond donors (Lipinski definition) is 1. The molecule has 106 valence electrons. The van der Waals surface area contributed by atoms with Crippen LogP contribution in [0, 0.1) is 6.92 Å². The SMILES string of the molecule is COC1CCN(C(=O)c2cc(C)c(Br)s2)C(CN)C1. The summed E-state index contributed by atoms with van der Waals surface area (Å²) in [5, 5.41) is 0. The van der Waals surface area contributed by atoms with Gasteiger partial charge in [-0.2, -0.15) is 0 Å². The number of nitrogens with two attached hydrogens (primary N) is 1. The second kappa shape index (κ2) is 6.35. The summed E-state index contributed by atoms with van der Waals surface area (Å²) < 4.78 is 6.40. The molecule has 2 unspecified atom stereocenters. The van der Waals surface area contributed by atoms with Crippen LogP contribution in [0.5, 0.6) is 0 Å². The van der Waals surface area contributed by atoms with E-state index in [2.05, 4.69) is 15.9 Å². The maximum Gasteiger partial charge on any atom is 0.264 e. The van der Waals surface area contributed by atoms with E-state index in [1.54, 1.807) is 7.11 Å². The first-order valence-corrected chi connectivity index (χ1v) is 7.97. The number of carbonyl (C=O) groups excluding carboxylic acids is 1. The molecule has 1 aromatic rings. The molecule has 0 radical (unpaired) electrons. The highest BCUT2D eigenvalue weighted by molar-refractivity contribution is 9.11. The van der Waals surface area contributed by atoms with Crippen molar-refractivity contribution < 1.29 is 9.53 Å². The van der Waals surface area contributed by atoms with Crippen molar-refractivity contribution in [3.05, 3.63) is 20.3 Å². The van der Waals surface area contributed by atoms with Gasteiger partial charge in [0, 0.05) is 26.2 Å². The van der Waals surface area contributed by atoms with E-state index in [1.807, 2.05) is 17.9 Å². The van der Waals surface area contributed by atoms with Gasteiger partial charge in [0.2, 0.25) is 0 Å². The zero-order valence-corrected chi connectivity index (χ0v) is 13.6. The number of likely N-dealkylation sites (tertiary alicyclic amines) is 1. The average molecular weight is 347 g/mol. The highest BCUT2D eigenvalue weighted by Crippen LogP contribution is 2.30. The van der Waals surface area contributed by atoms with Gasteiger partial charge in [0.1, 0.15) is 0 Å². The number of amides is 1. The molecule has 19 heavy (non-hydrogen) atoms. The largest absolute Gasteiger partial charge is 0.381 e. The van der Waals surface area contributed by atoms with Crippen LogP contribution in [0.1, 0.15) is 28.1 Å². The molecule has 2 N–H and O–H groups in total. The minimum Gasteiger partial charge on any atom is -0.381 e. The van der Waals surface area contributed by atoms with Crippen LogP contribution < -0.4 is 5.73 Å². The Morgan fingerprint density at radius 1 is 1.68 bits per heavy atom. The van der Waals surface area contributed by atoms with Crippen LogP contribution in [0.15, 0.2) is 9.85 Å². The average Bonchev–Trinajstić information content (AvgIpc) is 2.77. The summed E-state index contributed by atoms with van der Waals surface area (Å²) in [6.07, 6.45) is 1.92. The van der Waals surface area contributed by atoms with E-state index < -0.39 is 0 Å². The van der Waals surface area contributed by atoms with E-state index in [1.165, 1.54) is 11.3 Å². The molecule has 2 heterocycles. The summed E-state index contributed by atoms with van der Waals surface area (Å²) in [6, 6.07) is 2.01. The van der Waals surface area contributed by atoms with E-state index in [-0.39, 0.29) is 18.1 Å². The Balaban J connectivity index is 2.14. The molecule has 1 aromatic heterocycles. The monoisotopic (exact) mass is 346 g/mol. The van der Waals surface area contributed by atoms with Gasteiger partial charge in [0.05, 0.1) is 14.8 Å². The van der Waals surface area contributed by atoms with Crippen molar-refractivity contribution >= 4 is 33.2 Å². The number of methoxy groups -OCH3 is 1. The van der Waals surface area contributed by atoms with Gasteiger partial charge in [0.15, 0.2) is 0 Å². The van der Waals surface area contributed by atoms with E-state index in [4.69, 9.17) is 10.5 Å². The Morgan fingerprint density at radius 2 is 2.42 bits per heavy atom. The van der Waals surface area contributed by atoms with Gasteiger partial charge in [0.25, 0.3) is 5.91 Å². The Bertz CT molecular complexity index is 444. The summed E-state index contributed by atoms with van der Waals surface area (Å²) in [7, 11) is 1.72. The third kappa shape index (κ3) is 3.18. The minimum absolute atomic E-state index is 0.0763. The van der Waals surface area contributed by atoms with E-state index in [0.29, 0.717) is 13.1 Å². The fourth-order valence-electron chi connectivity index (χ4n) is 2.43. The lowest BCUT2D eigenvalue weighted by atomic mass is 9.99. The summed E-state index contributed by atoms with van der Waals surface area (Å²) in [5.41, 5.74) is 6.91. The van der Waals surface area contributed by atoms with E-state index in [0.717, 1.165) is 27.1 Å². The molecule has 4 nitrogen and oxygen atoms in total. The number of carbonyl (C=O) groups is 1. The van der Waals surface area contributed by atoms with Crippen molar-refractivity contribution in [3.8, 4) is 0 Å². The van der Waals surface area contributed by atoms with Crippen LogP contribution in [0.3, 0.4) is 0 Å². The lowest BCUT2D eigenvalue weighted by Crippen LogP contribution is -2.51. The van der Waals surface area contributed by atoms with Crippen LogP contribution >= 0.6 is 27.3 Å². The van der Waals surface area contributed by atoms with Gasteiger partial charge in [-0.15, -0.1) is 11.3 Å². The standard InChI is InChI=1S/C13H19BrN2O2S/c1-8-5-11(19-12(8)14)13(17)16-4-3-10(18-2)6-9(16)7-15/h5,9-10H,3-4,6-7,15H2,1-2H3. The molecule has 6 heteroatoms. The number of rotatable bonds is 3. The van der Waals surface area contributed by atoms with Gasteiger partial charge in [-0.05, 0) is 47.3 Å². The molecule has 1 aliphatic heterocycles. The van der Waals surface area contributed by atoms with Crippen molar-refractivity contribution in [1.29, 1.82) is 0 Å². The molecule has 1 fully saturated rings. The number of hydrogen-bond acceptors (Lipinski definition) is 4. The maximum absolute atomic E-state index is 12.5. The number of piperidine rings is 1. The topological polar surface area (TPSA) is 55.6 Å². The molecule has 0 saturated carbocycles. The van der Waals surface area contributed by atoms with Crippen molar-refractivity contribution in [2.75, 3.05) is 20.2 Å². The lowest BCUT2D eigenvalue weighted by Gasteiger charge is -2.38. The Hall–Kier alpha value is -0.430. The highest BCUT2D eigenvalue weighted by Gasteiger charge is 2.32. The Kier molecular flexibility index (Phi) is 5.00. The Labute approximate surface area is 126 Å². The molecule has 0 bridgehead atoms. The molecule has 0 aromatic carbocycles. The van der Waals surface area contributed by atoms with Crippen LogP contribution in [0.4, 0.5) is 0 Å². The van der Waals surface area contributed by atoms with E-state index >= 15 is 0 Å². The predicted octanol–water partition coefficient (Wildman–Crippen LogP) is 2.40. The number of nitrogens with zero attached hydrogens (tertiary/aromatic N) is 1. The zero-order valence-electron chi connectivity index (χ0n) is 11.2. The van der Waals surface area contributed by atoms with Crippen molar-refractivity contribution in [2.45, 2.75) is 31.9 Å². The van der Waals surface area contributed by atoms with Crippen LogP contribution in [0.25, 0.3) is 0 Å². The molecule has 2 rings (SSSR count). The van der Waals surface area contributed by atoms with Gasteiger partial charge < -0.3 is 15.4 Å². The number of halogens is 1. The van der Waals surface area contributed by atoms with Gasteiger partial charge >= 0.3 is 0 Å². The third-order valence-corrected chi connectivity index (χ3v) is 5.73. The Morgan fingerprint density at radius 3 is 2.95 bits per heavy atom. The number of thiophene rings is 1. The zero-order chi connectivity index (χ0) is 14.0. The molecule has 0 spiro atoms. The summed E-state index contributed by atoms with van der Waals surface area (Å²) in [4.78, 5) is 15.2. The lowest BCUT2D eigenvalue weighted by molar-refractivity contribution is 0.0141. The van der Waals surface area contributed by atoms with Crippen LogP contribution in [-0.4, -0.2) is 43.2 Å². The maximum atomic E-state index is 12.5. The summed E-state index contributed by atoms with van der Waals surface area (Å²) >= 11 is 4.95. The molecule has 0 aliphatic carbocycles. The summed E-state index contributed by atoms with van der Waals surface area (Å²) in [6.45, 7) is 3.19.